The molecule has 1 nitrogen and oxygen atoms in total. The summed E-state index contributed by atoms with van der Waals surface area (Å²) < 4.78 is 1.92. The highest BCUT2D eigenvalue weighted by molar-refractivity contribution is 7.83. The first-order valence-electron chi connectivity index (χ1n) is 3.89. The number of aryl methyl sites for hydroxylation is 1. The van der Waals surface area contributed by atoms with Crippen molar-refractivity contribution in [2.75, 3.05) is 0 Å². The van der Waals surface area contributed by atoms with Crippen molar-refractivity contribution in [3.8, 4) is 0 Å². The predicted octanol–water partition coefficient (Wildman–Crippen LogP) is 3.31. The Morgan fingerprint density at radius 3 is 2.92 bits per heavy atom. The van der Waals surface area contributed by atoms with E-state index in [1.165, 1.54) is 5.56 Å². The molecule has 3 heteroatoms. The summed E-state index contributed by atoms with van der Waals surface area (Å²) in [5.74, 6) is 0. The Morgan fingerprint density at radius 2 is 2.23 bits per heavy atom. The quantitative estimate of drug-likeness (QED) is 0.562. The number of benzene rings is 1. The smallest absolute Gasteiger partial charge is 0.152 e. The minimum atomic E-state index is 0.715. The van der Waals surface area contributed by atoms with Crippen molar-refractivity contribution in [1.82, 2.24) is 0 Å². The molecular weight excluding hydrogens is 200 g/mol. The van der Waals surface area contributed by atoms with E-state index in [2.05, 4.69) is 12.6 Å². The molecule has 0 radical (unpaired) electrons. The summed E-state index contributed by atoms with van der Waals surface area (Å²) in [6.07, 6.45) is 0.876. The Bertz CT molecular complexity index is 471. The lowest BCUT2D eigenvalue weighted by molar-refractivity contribution is 0.112. The molecule has 13 heavy (non-hydrogen) atoms. The molecule has 0 unspecified atom stereocenters. The lowest BCUT2D eigenvalue weighted by Gasteiger charge is -1.92. The first-order chi connectivity index (χ1) is 6.22. The molecule has 66 valence electrons. The second-order valence-electron chi connectivity index (χ2n) is 2.94. The molecule has 0 amide bonds. The van der Waals surface area contributed by atoms with Crippen LogP contribution in [0.3, 0.4) is 0 Å². The van der Waals surface area contributed by atoms with E-state index in [-0.39, 0.29) is 0 Å². The number of fused-ring (bicyclic) bond motifs is 1. The topological polar surface area (TPSA) is 17.1 Å². The van der Waals surface area contributed by atoms with Gasteiger partial charge in [0, 0.05) is 15.6 Å². The van der Waals surface area contributed by atoms with Crippen LogP contribution in [0.4, 0.5) is 0 Å². The van der Waals surface area contributed by atoms with Gasteiger partial charge < -0.3 is 0 Å². The van der Waals surface area contributed by atoms with Crippen molar-refractivity contribution in [3.05, 3.63) is 29.3 Å². The number of rotatable bonds is 1. The van der Waals surface area contributed by atoms with Crippen LogP contribution >= 0.6 is 24.0 Å². The van der Waals surface area contributed by atoms with Crippen molar-refractivity contribution in [2.45, 2.75) is 11.1 Å². The van der Waals surface area contributed by atoms with Crippen LogP contribution < -0.4 is 0 Å². The van der Waals surface area contributed by atoms with Gasteiger partial charge in [-0.25, -0.2) is 0 Å². The second-order valence-corrected chi connectivity index (χ2v) is 4.74. The van der Waals surface area contributed by atoms with Crippen molar-refractivity contribution < 1.29 is 4.79 Å². The zero-order chi connectivity index (χ0) is 9.42. The third-order valence-electron chi connectivity index (χ3n) is 1.98. The third kappa shape index (κ3) is 1.38. The lowest BCUT2D eigenvalue weighted by atomic mass is 10.1. The van der Waals surface area contributed by atoms with Crippen LogP contribution in [0.25, 0.3) is 10.1 Å². The number of hydrogen-bond acceptors (Lipinski definition) is 3. The molecule has 0 aliphatic rings. The van der Waals surface area contributed by atoms with Crippen LogP contribution in [-0.4, -0.2) is 6.29 Å². The normalized spacial score (nSPS) is 10.6. The maximum Gasteiger partial charge on any atom is 0.152 e. The van der Waals surface area contributed by atoms with Crippen LogP contribution in [0.5, 0.6) is 0 Å². The molecule has 1 aromatic carbocycles. The standard InChI is InChI=1S/C10H8OS2/c1-6-2-3-9-7(4-6)8(5-11)10(12)13-9/h2-5,12H,1H3. The predicted molar refractivity (Wildman–Crippen MR) is 59.2 cm³/mol. The fourth-order valence-corrected chi connectivity index (χ4v) is 2.69. The Labute approximate surface area is 85.8 Å². The average Bonchev–Trinajstić information content (AvgIpc) is 2.40. The van der Waals surface area contributed by atoms with Gasteiger partial charge in [-0.15, -0.1) is 24.0 Å². The van der Waals surface area contributed by atoms with E-state index in [0.717, 1.165) is 20.6 Å². The highest BCUT2D eigenvalue weighted by Crippen LogP contribution is 2.33. The molecule has 0 atom stereocenters. The average molecular weight is 208 g/mol. The van der Waals surface area contributed by atoms with Crippen molar-refractivity contribution >= 4 is 40.3 Å². The third-order valence-corrected chi connectivity index (χ3v) is 3.48. The number of carbonyl (C=O) groups excluding carboxylic acids is 1. The van der Waals surface area contributed by atoms with Gasteiger partial charge in [-0.2, -0.15) is 0 Å². The minimum absolute atomic E-state index is 0.715. The van der Waals surface area contributed by atoms with E-state index in [1.54, 1.807) is 11.3 Å². The van der Waals surface area contributed by atoms with Gasteiger partial charge in [0.05, 0.1) is 4.21 Å². The summed E-state index contributed by atoms with van der Waals surface area (Å²) in [7, 11) is 0. The molecular formula is C10H8OS2. The summed E-state index contributed by atoms with van der Waals surface area (Å²) in [5, 5.41) is 1.02. The summed E-state index contributed by atoms with van der Waals surface area (Å²) in [6, 6.07) is 6.10. The Morgan fingerprint density at radius 1 is 1.46 bits per heavy atom. The fourth-order valence-electron chi connectivity index (χ4n) is 1.33. The first kappa shape index (κ1) is 8.78. The molecule has 0 N–H and O–H groups in total. The monoisotopic (exact) mass is 208 g/mol. The Hall–Kier alpha value is -0.800. The molecule has 0 bridgehead atoms. The van der Waals surface area contributed by atoms with E-state index in [9.17, 15) is 4.79 Å². The van der Waals surface area contributed by atoms with Crippen molar-refractivity contribution in [3.63, 3.8) is 0 Å². The molecule has 0 fully saturated rings. The van der Waals surface area contributed by atoms with Gasteiger partial charge in [0.15, 0.2) is 6.29 Å². The highest BCUT2D eigenvalue weighted by atomic mass is 32.2. The zero-order valence-corrected chi connectivity index (χ0v) is 8.78. The molecule has 1 aromatic heterocycles. The molecule has 0 saturated carbocycles. The lowest BCUT2D eigenvalue weighted by Crippen LogP contribution is -1.77. The fraction of sp³-hybridized carbons (Fsp3) is 0.100. The highest BCUT2D eigenvalue weighted by Gasteiger charge is 2.07. The maximum absolute atomic E-state index is 10.8. The van der Waals surface area contributed by atoms with E-state index in [0.29, 0.717) is 5.56 Å². The van der Waals surface area contributed by atoms with Crippen molar-refractivity contribution in [1.29, 1.82) is 0 Å². The van der Waals surface area contributed by atoms with Crippen LogP contribution in [0.2, 0.25) is 0 Å². The second kappa shape index (κ2) is 3.16. The largest absolute Gasteiger partial charge is 0.298 e. The molecule has 0 aliphatic carbocycles. The summed E-state index contributed by atoms with van der Waals surface area (Å²) in [4.78, 5) is 10.8. The molecule has 2 rings (SSSR count). The van der Waals surface area contributed by atoms with E-state index >= 15 is 0 Å². The zero-order valence-electron chi connectivity index (χ0n) is 7.07. The maximum atomic E-state index is 10.8. The van der Waals surface area contributed by atoms with E-state index in [1.807, 2.05) is 25.1 Å². The number of hydrogen-bond donors (Lipinski definition) is 1. The van der Waals surface area contributed by atoms with Gasteiger partial charge in [-0.1, -0.05) is 11.6 Å². The summed E-state index contributed by atoms with van der Waals surface area (Å²) in [5.41, 5.74) is 1.88. The van der Waals surface area contributed by atoms with Crippen LogP contribution in [0.1, 0.15) is 15.9 Å². The molecule has 1 heterocycles. The van der Waals surface area contributed by atoms with Gasteiger partial charge in [-0.05, 0) is 19.1 Å². The minimum Gasteiger partial charge on any atom is -0.298 e. The number of thiophene rings is 1. The molecule has 0 saturated heterocycles. The number of aldehydes is 1. The molecule has 0 spiro atoms. The first-order valence-corrected chi connectivity index (χ1v) is 5.16. The molecule has 2 aromatic rings. The number of carbonyl (C=O) groups is 1. The van der Waals surface area contributed by atoms with E-state index in [4.69, 9.17) is 0 Å². The van der Waals surface area contributed by atoms with Gasteiger partial charge in [0.2, 0.25) is 0 Å². The summed E-state index contributed by atoms with van der Waals surface area (Å²) in [6.45, 7) is 2.02. The molecule has 0 aliphatic heterocycles. The van der Waals surface area contributed by atoms with Crippen LogP contribution in [-0.2, 0) is 0 Å². The van der Waals surface area contributed by atoms with Crippen LogP contribution in [0.15, 0.2) is 22.4 Å². The van der Waals surface area contributed by atoms with Gasteiger partial charge in [0.25, 0.3) is 0 Å². The number of thiol groups is 1. The summed E-state index contributed by atoms with van der Waals surface area (Å²) >= 11 is 5.80. The van der Waals surface area contributed by atoms with Crippen molar-refractivity contribution in [2.24, 2.45) is 0 Å². The van der Waals surface area contributed by atoms with Crippen LogP contribution in [0, 0.1) is 6.92 Å². The Kier molecular flexibility index (Phi) is 2.14. The van der Waals surface area contributed by atoms with Gasteiger partial charge >= 0.3 is 0 Å². The van der Waals surface area contributed by atoms with Gasteiger partial charge in [0.1, 0.15) is 0 Å². The SMILES string of the molecule is Cc1ccc2sc(S)c(C=O)c2c1. The van der Waals surface area contributed by atoms with Gasteiger partial charge in [-0.3, -0.25) is 4.79 Å². The Balaban J connectivity index is 2.88. The van der Waals surface area contributed by atoms with E-state index < -0.39 is 0 Å².